The van der Waals surface area contributed by atoms with E-state index in [4.69, 9.17) is 0 Å². The molecular formula is C14H19F3N2O. The molecule has 1 aromatic rings. The summed E-state index contributed by atoms with van der Waals surface area (Å²) in [5.74, 6) is -1.84. The van der Waals surface area contributed by atoms with Crippen LogP contribution >= 0.6 is 0 Å². The van der Waals surface area contributed by atoms with Crippen molar-refractivity contribution in [2.75, 3.05) is 19.6 Å². The number of halogens is 3. The van der Waals surface area contributed by atoms with E-state index in [0.717, 1.165) is 6.54 Å². The van der Waals surface area contributed by atoms with Gasteiger partial charge in [-0.25, -0.2) is 0 Å². The SMILES string of the molecule is OC(CC1CNCCN1)C(c1ccccc1)C(F)(F)F. The van der Waals surface area contributed by atoms with Crippen LogP contribution in [0.15, 0.2) is 30.3 Å². The molecule has 6 heteroatoms. The van der Waals surface area contributed by atoms with Gasteiger partial charge in [0.1, 0.15) is 5.92 Å². The Labute approximate surface area is 116 Å². The number of hydrogen-bond acceptors (Lipinski definition) is 3. The second kappa shape index (κ2) is 6.56. The van der Waals surface area contributed by atoms with Gasteiger partial charge in [-0.3, -0.25) is 0 Å². The molecule has 3 atom stereocenters. The summed E-state index contributed by atoms with van der Waals surface area (Å²) in [5, 5.41) is 16.3. The number of nitrogens with one attached hydrogen (secondary N) is 2. The maximum atomic E-state index is 13.2. The fourth-order valence-electron chi connectivity index (χ4n) is 2.60. The number of aliphatic hydroxyl groups is 1. The summed E-state index contributed by atoms with van der Waals surface area (Å²) in [6, 6.07) is 7.47. The third kappa shape index (κ3) is 3.94. The number of aliphatic hydroxyl groups excluding tert-OH is 1. The maximum Gasteiger partial charge on any atom is 0.398 e. The Hall–Kier alpha value is -1.11. The van der Waals surface area contributed by atoms with E-state index in [1.165, 1.54) is 12.1 Å². The van der Waals surface area contributed by atoms with Gasteiger partial charge >= 0.3 is 6.18 Å². The molecule has 1 aromatic carbocycles. The molecule has 1 aliphatic rings. The van der Waals surface area contributed by atoms with Crippen LogP contribution in [0.1, 0.15) is 17.9 Å². The summed E-state index contributed by atoms with van der Waals surface area (Å²) < 4.78 is 39.6. The standard InChI is InChI=1S/C14H19F3N2O/c15-14(16,17)13(10-4-2-1-3-5-10)12(20)8-11-9-18-6-7-19-11/h1-5,11-13,18-20H,6-9H2. The molecule has 3 N–H and O–H groups in total. The molecule has 1 aliphatic heterocycles. The molecule has 1 heterocycles. The maximum absolute atomic E-state index is 13.2. The van der Waals surface area contributed by atoms with Crippen LogP contribution in [0.5, 0.6) is 0 Å². The van der Waals surface area contributed by atoms with Crippen molar-refractivity contribution in [3.63, 3.8) is 0 Å². The first-order valence-electron chi connectivity index (χ1n) is 6.72. The van der Waals surface area contributed by atoms with Crippen molar-refractivity contribution in [3.8, 4) is 0 Å². The summed E-state index contributed by atoms with van der Waals surface area (Å²) in [6.07, 6.45) is -5.83. The lowest BCUT2D eigenvalue weighted by atomic mass is 9.89. The Kier molecular flexibility index (Phi) is 5.01. The molecule has 0 bridgehead atoms. The normalized spacial score (nSPS) is 23.3. The number of hydrogen-bond donors (Lipinski definition) is 3. The van der Waals surface area contributed by atoms with Crippen molar-refractivity contribution in [1.29, 1.82) is 0 Å². The van der Waals surface area contributed by atoms with Crippen molar-refractivity contribution in [3.05, 3.63) is 35.9 Å². The van der Waals surface area contributed by atoms with Gasteiger partial charge in [0, 0.05) is 25.7 Å². The lowest BCUT2D eigenvalue weighted by Gasteiger charge is -2.31. The zero-order chi connectivity index (χ0) is 14.6. The third-order valence-electron chi connectivity index (χ3n) is 3.55. The average Bonchev–Trinajstić information content (AvgIpc) is 2.39. The Bertz CT molecular complexity index is 405. The van der Waals surface area contributed by atoms with E-state index >= 15 is 0 Å². The first-order chi connectivity index (χ1) is 9.48. The molecule has 0 spiro atoms. The fourth-order valence-corrected chi connectivity index (χ4v) is 2.60. The topological polar surface area (TPSA) is 44.3 Å². The highest BCUT2D eigenvalue weighted by atomic mass is 19.4. The van der Waals surface area contributed by atoms with Crippen LogP contribution in [0.2, 0.25) is 0 Å². The molecule has 1 fully saturated rings. The number of piperazine rings is 1. The first-order valence-corrected chi connectivity index (χ1v) is 6.72. The number of benzene rings is 1. The van der Waals surface area contributed by atoms with E-state index < -0.39 is 18.2 Å². The molecule has 0 radical (unpaired) electrons. The summed E-state index contributed by atoms with van der Waals surface area (Å²) in [4.78, 5) is 0. The minimum absolute atomic E-state index is 0.0755. The van der Waals surface area contributed by atoms with E-state index in [2.05, 4.69) is 10.6 Å². The molecule has 3 unspecified atom stereocenters. The van der Waals surface area contributed by atoms with Crippen LogP contribution in [0.3, 0.4) is 0 Å². The van der Waals surface area contributed by atoms with Crippen LogP contribution in [0.25, 0.3) is 0 Å². The molecule has 0 saturated carbocycles. The van der Waals surface area contributed by atoms with Crippen LogP contribution in [-0.4, -0.2) is 43.1 Å². The van der Waals surface area contributed by atoms with E-state index in [0.29, 0.717) is 13.1 Å². The highest BCUT2D eigenvalue weighted by Crippen LogP contribution is 2.38. The minimum Gasteiger partial charge on any atom is -0.392 e. The zero-order valence-electron chi connectivity index (χ0n) is 11.0. The van der Waals surface area contributed by atoms with Crippen molar-refractivity contribution in [2.45, 2.75) is 30.7 Å². The molecule has 2 rings (SSSR count). The van der Waals surface area contributed by atoms with Gasteiger partial charge in [0.25, 0.3) is 0 Å². The molecule has 3 nitrogen and oxygen atoms in total. The summed E-state index contributed by atoms with van der Waals surface area (Å²) >= 11 is 0. The van der Waals surface area contributed by atoms with Crippen molar-refractivity contribution in [2.24, 2.45) is 0 Å². The van der Waals surface area contributed by atoms with Gasteiger partial charge in [0.05, 0.1) is 6.10 Å². The third-order valence-corrected chi connectivity index (χ3v) is 3.55. The summed E-state index contributed by atoms with van der Waals surface area (Å²) in [5.41, 5.74) is 0.108. The Balaban J connectivity index is 2.10. The Morgan fingerprint density at radius 3 is 2.45 bits per heavy atom. The van der Waals surface area contributed by atoms with Gasteiger partial charge < -0.3 is 15.7 Å². The Morgan fingerprint density at radius 1 is 1.20 bits per heavy atom. The highest BCUT2D eigenvalue weighted by molar-refractivity contribution is 5.22. The summed E-state index contributed by atoms with van der Waals surface area (Å²) in [6.45, 7) is 2.09. The van der Waals surface area contributed by atoms with E-state index in [-0.39, 0.29) is 18.0 Å². The highest BCUT2D eigenvalue weighted by Gasteiger charge is 2.45. The lowest BCUT2D eigenvalue weighted by molar-refractivity contribution is -0.173. The molecule has 0 aliphatic carbocycles. The molecule has 1 saturated heterocycles. The minimum atomic E-state index is -4.46. The number of rotatable bonds is 4. The monoisotopic (exact) mass is 288 g/mol. The van der Waals surface area contributed by atoms with Crippen LogP contribution in [0.4, 0.5) is 13.2 Å². The van der Waals surface area contributed by atoms with Crippen LogP contribution in [-0.2, 0) is 0 Å². The average molecular weight is 288 g/mol. The lowest BCUT2D eigenvalue weighted by Crippen LogP contribution is -2.50. The van der Waals surface area contributed by atoms with Crippen LogP contribution in [0, 0.1) is 0 Å². The predicted molar refractivity (Wildman–Crippen MR) is 70.5 cm³/mol. The predicted octanol–water partition coefficient (Wildman–Crippen LogP) is 1.64. The van der Waals surface area contributed by atoms with Crippen molar-refractivity contribution < 1.29 is 18.3 Å². The smallest absolute Gasteiger partial charge is 0.392 e. The van der Waals surface area contributed by atoms with Gasteiger partial charge in [-0.2, -0.15) is 13.2 Å². The van der Waals surface area contributed by atoms with Crippen molar-refractivity contribution >= 4 is 0 Å². The largest absolute Gasteiger partial charge is 0.398 e. The van der Waals surface area contributed by atoms with Gasteiger partial charge in [-0.15, -0.1) is 0 Å². The first kappa shape index (κ1) is 15.3. The fraction of sp³-hybridized carbons (Fsp3) is 0.571. The summed E-state index contributed by atoms with van der Waals surface area (Å²) in [7, 11) is 0. The van der Waals surface area contributed by atoms with Crippen molar-refractivity contribution in [1.82, 2.24) is 10.6 Å². The molecule has 112 valence electrons. The van der Waals surface area contributed by atoms with Gasteiger partial charge in [0.15, 0.2) is 0 Å². The van der Waals surface area contributed by atoms with Crippen LogP contribution < -0.4 is 10.6 Å². The van der Waals surface area contributed by atoms with E-state index in [9.17, 15) is 18.3 Å². The van der Waals surface area contributed by atoms with E-state index in [1.54, 1.807) is 18.2 Å². The second-order valence-corrected chi connectivity index (χ2v) is 5.09. The van der Waals surface area contributed by atoms with Gasteiger partial charge in [-0.05, 0) is 12.0 Å². The second-order valence-electron chi connectivity index (χ2n) is 5.09. The molecule has 0 amide bonds. The number of alkyl halides is 3. The van der Waals surface area contributed by atoms with Gasteiger partial charge in [0.2, 0.25) is 0 Å². The quantitative estimate of drug-likeness (QED) is 0.789. The van der Waals surface area contributed by atoms with Gasteiger partial charge in [-0.1, -0.05) is 30.3 Å². The zero-order valence-corrected chi connectivity index (χ0v) is 11.0. The molecule has 0 aromatic heterocycles. The Morgan fingerprint density at radius 2 is 1.90 bits per heavy atom. The molecule has 20 heavy (non-hydrogen) atoms. The molecular weight excluding hydrogens is 269 g/mol. The van der Waals surface area contributed by atoms with E-state index in [1.807, 2.05) is 0 Å².